The number of hydrogen-bond donors (Lipinski definition) is 1. The molecule has 1 N–H and O–H groups in total. The molecule has 0 saturated heterocycles. The first-order valence-electron chi connectivity index (χ1n) is 8.34. The second-order valence-corrected chi connectivity index (χ2v) is 7.44. The van der Waals surface area contributed by atoms with Crippen LogP contribution in [0.4, 0.5) is 5.69 Å². The quantitative estimate of drug-likeness (QED) is 0.782. The van der Waals surface area contributed by atoms with Crippen LogP contribution >= 0.6 is 15.9 Å². The highest BCUT2D eigenvalue weighted by atomic mass is 79.9. The van der Waals surface area contributed by atoms with E-state index in [1.54, 1.807) is 18.2 Å². The van der Waals surface area contributed by atoms with E-state index in [-0.39, 0.29) is 25.4 Å². The summed E-state index contributed by atoms with van der Waals surface area (Å²) in [6.45, 7) is 3.90. The van der Waals surface area contributed by atoms with Gasteiger partial charge < -0.3 is 14.7 Å². The molecule has 6 heteroatoms. The maximum Gasteiger partial charge on any atom is 0.264 e. The van der Waals surface area contributed by atoms with Gasteiger partial charge in [0.25, 0.3) is 5.91 Å². The van der Waals surface area contributed by atoms with E-state index in [9.17, 15) is 14.7 Å². The third-order valence-electron chi connectivity index (χ3n) is 4.37. The van der Waals surface area contributed by atoms with E-state index in [0.29, 0.717) is 11.3 Å². The molecular formula is C20H20BrNO4. The minimum Gasteiger partial charge on any atom is -0.492 e. The van der Waals surface area contributed by atoms with Crippen LogP contribution in [0.1, 0.15) is 24.5 Å². The number of halogens is 1. The molecule has 0 saturated carbocycles. The molecule has 0 fully saturated rings. The van der Waals surface area contributed by atoms with Gasteiger partial charge in [0.15, 0.2) is 5.60 Å². The Kier molecular flexibility index (Phi) is 5.16. The number of amides is 1. The predicted molar refractivity (Wildman–Crippen MR) is 102 cm³/mol. The fraction of sp³-hybridized carbons (Fsp3) is 0.300. The predicted octanol–water partition coefficient (Wildman–Crippen LogP) is 3.35. The van der Waals surface area contributed by atoms with Crippen molar-refractivity contribution >= 4 is 33.3 Å². The van der Waals surface area contributed by atoms with Gasteiger partial charge in [0.2, 0.25) is 0 Å². The number of benzene rings is 2. The van der Waals surface area contributed by atoms with Gasteiger partial charge in [0.05, 0.1) is 12.2 Å². The monoisotopic (exact) mass is 417 g/mol. The Bertz CT molecular complexity index is 867. The third kappa shape index (κ3) is 3.52. The van der Waals surface area contributed by atoms with Crippen molar-refractivity contribution in [2.75, 3.05) is 18.1 Å². The molecule has 26 heavy (non-hydrogen) atoms. The van der Waals surface area contributed by atoms with E-state index in [1.165, 1.54) is 11.8 Å². The van der Waals surface area contributed by atoms with Crippen molar-refractivity contribution < 1.29 is 19.4 Å². The molecule has 3 rings (SSSR count). The first-order chi connectivity index (χ1) is 12.3. The maximum atomic E-state index is 12.9. The molecule has 0 radical (unpaired) electrons. The van der Waals surface area contributed by atoms with E-state index >= 15 is 0 Å². The van der Waals surface area contributed by atoms with Crippen LogP contribution in [0.25, 0.3) is 0 Å². The zero-order valence-electron chi connectivity index (χ0n) is 14.7. The number of ether oxygens (including phenoxy) is 1. The zero-order valence-corrected chi connectivity index (χ0v) is 16.2. The first kappa shape index (κ1) is 18.6. The second-order valence-electron chi connectivity index (χ2n) is 6.52. The molecule has 1 unspecified atom stereocenters. The summed E-state index contributed by atoms with van der Waals surface area (Å²) < 4.78 is 6.47. The standard InChI is InChI=1S/C20H20BrNO4/c1-13-4-3-5-16(10-13)26-9-8-22-18-7-6-15(21)11-17(18)20(25,19(22)24)12-14(2)23/h3-7,10-11,25H,8-9,12H2,1-2H3. The number of fused-ring (bicyclic) bond motifs is 1. The number of carbonyl (C=O) groups excluding carboxylic acids is 2. The molecule has 0 aromatic heterocycles. The maximum absolute atomic E-state index is 12.9. The van der Waals surface area contributed by atoms with Crippen LogP contribution in [-0.4, -0.2) is 29.9 Å². The van der Waals surface area contributed by atoms with Crippen LogP contribution in [-0.2, 0) is 15.2 Å². The highest BCUT2D eigenvalue weighted by molar-refractivity contribution is 9.10. The van der Waals surface area contributed by atoms with Gasteiger partial charge in [-0.05, 0) is 49.7 Å². The molecule has 1 aliphatic heterocycles. The molecule has 2 aromatic rings. The van der Waals surface area contributed by atoms with Gasteiger partial charge in [-0.3, -0.25) is 9.59 Å². The molecule has 0 spiro atoms. The number of rotatable bonds is 6. The number of carbonyl (C=O) groups is 2. The molecule has 5 nitrogen and oxygen atoms in total. The molecule has 136 valence electrons. The molecule has 0 bridgehead atoms. The topological polar surface area (TPSA) is 66.8 Å². The van der Waals surface area contributed by atoms with Gasteiger partial charge in [-0.15, -0.1) is 0 Å². The summed E-state index contributed by atoms with van der Waals surface area (Å²) in [6.07, 6.45) is -0.246. The van der Waals surface area contributed by atoms with Crippen molar-refractivity contribution in [3.05, 3.63) is 58.1 Å². The highest BCUT2D eigenvalue weighted by Crippen LogP contribution is 2.43. The van der Waals surface area contributed by atoms with Gasteiger partial charge in [0, 0.05) is 16.5 Å². The molecule has 1 atom stereocenters. The van der Waals surface area contributed by atoms with Crippen molar-refractivity contribution in [1.82, 2.24) is 0 Å². The molecule has 1 aliphatic rings. The van der Waals surface area contributed by atoms with Crippen LogP contribution in [0.5, 0.6) is 5.75 Å². The normalized spacial score (nSPS) is 18.8. The number of anilines is 1. The summed E-state index contributed by atoms with van der Waals surface area (Å²) in [5, 5.41) is 11.0. The minimum absolute atomic E-state index is 0.246. The number of ketones is 1. The lowest BCUT2D eigenvalue weighted by Gasteiger charge is -2.22. The molecule has 1 amide bonds. The third-order valence-corrected chi connectivity index (χ3v) is 4.87. The largest absolute Gasteiger partial charge is 0.492 e. The Hall–Kier alpha value is -2.18. The lowest BCUT2D eigenvalue weighted by Crippen LogP contribution is -2.43. The van der Waals surface area contributed by atoms with Crippen LogP contribution < -0.4 is 9.64 Å². The van der Waals surface area contributed by atoms with Gasteiger partial charge >= 0.3 is 0 Å². The summed E-state index contributed by atoms with van der Waals surface area (Å²) in [5.41, 5.74) is 0.317. The van der Waals surface area contributed by atoms with Crippen molar-refractivity contribution in [3.8, 4) is 5.75 Å². The van der Waals surface area contributed by atoms with Crippen molar-refractivity contribution in [1.29, 1.82) is 0 Å². The first-order valence-corrected chi connectivity index (χ1v) is 9.14. The molecule has 2 aromatic carbocycles. The summed E-state index contributed by atoms with van der Waals surface area (Å²) in [4.78, 5) is 26.0. The average molecular weight is 418 g/mol. The van der Waals surface area contributed by atoms with E-state index in [0.717, 1.165) is 15.8 Å². The van der Waals surface area contributed by atoms with Crippen molar-refractivity contribution in [2.24, 2.45) is 0 Å². The van der Waals surface area contributed by atoms with Gasteiger partial charge in [-0.2, -0.15) is 0 Å². The lowest BCUT2D eigenvalue weighted by atomic mass is 9.90. The Labute approximate surface area is 160 Å². The van der Waals surface area contributed by atoms with E-state index in [4.69, 9.17) is 4.74 Å². The SMILES string of the molecule is CC(=O)CC1(O)C(=O)N(CCOc2cccc(C)c2)c2ccc(Br)cc21. The Morgan fingerprint density at radius 2 is 2.04 bits per heavy atom. The zero-order chi connectivity index (χ0) is 18.9. The number of aryl methyl sites for hydroxylation is 1. The number of aliphatic hydroxyl groups is 1. The number of hydrogen-bond acceptors (Lipinski definition) is 4. The summed E-state index contributed by atoms with van der Waals surface area (Å²) >= 11 is 3.36. The van der Waals surface area contributed by atoms with Crippen LogP contribution in [0.2, 0.25) is 0 Å². The minimum atomic E-state index is -1.83. The van der Waals surface area contributed by atoms with Crippen LogP contribution in [0.15, 0.2) is 46.9 Å². The fourth-order valence-corrected chi connectivity index (χ4v) is 3.60. The van der Waals surface area contributed by atoms with Crippen LogP contribution in [0.3, 0.4) is 0 Å². The van der Waals surface area contributed by atoms with E-state index in [2.05, 4.69) is 15.9 Å². The Balaban J connectivity index is 1.82. The molecular weight excluding hydrogens is 398 g/mol. The average Bonchev–Trinajstić information content (AvgIpc) is 2.76. The highest BCUT2D eigenvalue weighted by Gasteiger charge is 2.50. The van der Waals surface area contributed by atoms with E-state index < -0.39 is 11.5 Å². The summed E-state index contributed by atoms with van der Waals surface area (Å²) in [7, 11) is 0. The number of Topliss-reactive ketones (excluding diaryl/α,β-unsaturated/α-hetero) is 1. The Morgan fingerprint density at radius 3 is 2.73 bits per heavy atom. The second kappa shape index (κ2) is 7.21. The molecule has 1 heterocycles. The molecule has 0 aliphatic carbocycles. The van der Waals surface area contributed by atoms with Gasteiger partial charge in [0.1, 0.15) is 18.1 Å². The number of nitrogens with zero attached hydrogens (tertiary/aromatic N) is 1. The van der Waals surface area contributed by atoms with Gasteiger partial charge in [-0.1, -0.05) is 28.1 Å². The smallest absolute Gasteiger partial charge is 0.264 e. The lowest BCUT2D eigenvalue weighted by molar-refractivity contribution is -0.141. The fourth-order valence-electron chi connectivity index (χ4n) is 3.24. The van der Waals surface area contributed by atoms with Crippen LogP contribution in [0, 0.1) is 6.92 Å². The summed E-state index contributed by atoms with van der Waals surface area (Å²) in [6, 6.07) is 12.9. The van der Waals surface area contributed by atoms with Crippen molar-refractivity contribution in [2.45, 2.75) is 25.9 Å². The van der Waals surface area contributed by atoms with Gasteiger partial charge in [-0.25, -0.2) is 0 Å². The Morgan fingerprint density at radius 1 is 1.27 bits per heavy atom. The van der Waals surface area contributed by atoms with E-state index in [1.807, 2.05) is 31.2 Å². The van der Waals surface area contributed by atoms with Crippen molar-refractivity contribution in [3.63, 3.8) is 0 Å². The summed E-state index contributed by atoms with van der Waals surface area (Å²) in [5.74, 6) is -0.00930.